The van der Waals surface area contributed by atoms with E-state index < -0.39 is 23.6 Å². The van der Waals surface area contributed by atoms with E-state index in [1.54, 1.807) is 6.08 Å². The SMILES string of the molecule is C=CCN(C(=O)N[C@@H](Cc1cnc[nH]1)C(=O)O)C(C)(C)C. The largest absolute Gasteiger partial charge is 0.480 e. The number of hydrogen-bond donors (Lipinski definition) is 3. The predicted molar refractivity (Wildman–Crippen MR) is 78.9 cm³/mol. The predicted octanol–water partition coefficient (Wildman–Crippen LogP) is 1.40. The van der Waals surface area contributed by atoms with E-state index in [1.807, 2.05) is 20.8 Å². The third-order valence-corrected chi connectivity index (χ3v) is 2.94. The van der Waals surface area contributed by atoms with Crippen molar-refractivity contribution in [2.24, 2.45) is 0 Å². The number of nitrogens with one attached hydrogen (secondary N) is 2. The maximum atomic E-state index is 12.3. The highest BCUT2D eigenvalue weighted by atomic mass is 16.4. The highest BCUT2D eigenvalue weighted by Crippen LogP contribution is 2.13. The van der Waals surface area contributed by atoms with Gasteiger partial charge < -0.3 is 20.3 Å². The zero-order valence-electron chi connectivity index (χ0n) is 12.6. The minimum Gasteiger partial charge on any atom is -0.480 e. The van der Waals surface area contributed by atoms with Crippen LogP contribution in [0.3, 0.4) is 0 Å². The van der Waals surface area contributed by atoms with E-state index in [1.165, 1.54) is 17.4 Å². The molecule has 3 N–H and O–H groups in total. The zero-order chi connectivity index (χ0) is 16.0. The molecular weight excluding hydrogens is 272 g/mol. The molecule has 0 aliphatic carbocycles. The first kappa shape index (κ1) is 16.7. The van der Waals surface area contributed by atoms with Crippen molar-refractivity contribution in [3.63, 3.8) is 0 Å². The van der Waals surface area contributed by atoms with Gasteiger partial charge in [0.15, 0.2) is 0 Å². The summed E-state index contributed by atoms with van der Waals surface area (Å²) < 4.78 is 0. The van der Waals surface area contributed by atoms with E-state index in [2.05, 4.69) is 21.9 Å². The zero-order valence-corrected chi connectivity index (χ0v) is 12.6. The number of carbonyl (C=O) groups is 2. The van der Waals surface area contributed by atoms with Crippen LogP contribution in [0.25, 0.3) is 0 Å². The number of carbonyl (C=O) groups excluding carboxylic acids is 1. The van der Waals surface area contributed by atoms with Crippen LogP contribution < -0.4 is 5.32 Å². The lowest BCUT2D eigenvalue weighted by Crippen LogP contribution is -2.54. The van der Waals surface area contributed by atoms with Crippen LogP contribution in [0, 0.1) is 0 Å². The Bertz CT molecular complexity index is 491. The van der Waals surface area contributed by atoms with E-state index >= 15 is 0 Å². The smallest absolute Gasteiger partial charge is 0.326 e. The van der Waals surface area contributed by atoms with Crippen LogP contribution in [0.1, 0.15) is 26.5 Å². The Labute approximate surface area is 124 Å². The summed E-state index contributed by atoms with van der Waals surface area (Å²) in [5.74, 6) is -1.09. The number of carboxylic acids is 1. The fourth-order valence-electron chi connectivity index (χ4n) is 1.83. The van der Waals surface area contributed by atoms with Crippen LogP contribution in [-0.4, -0.2) is 50.1 Å². The summed E-state index contributed by atoms with van der Waals surface area (Å²) in [5, 5.41) is 11.8. The van der Waals surface area contributed by atoms with E-state index in [-0.39, 0.29) is 6.42 Å². The number of carboxylic acid groups (broad SMARTS) is 1. The van der Waals surface area contributed by atoms with Gasteiger partial charge in [-0.2, -0.15) is 0 Å². The maximum Gasteiger partial charge on any atom is 0.326 e. The van der Waals surface area contributed by atoms with Gasteiger partial charge >= 0.3 is 12.0 Å². The highest BCUT2D eigenvalue weighted by Gasteiger charge is 2.29. The highest BCUT2D eigenvalue weighted by molar-refractivity contribution is 5.83. The standard InChI is InChI=1S/C14H22N4O3/c1-5-6-18(14(2,3)4)13(21)17-11(12(19)20)7-10-8-15-9-16-10/h5,8-9,11H,1,6-7H2,2-4H3,(H,15,16)(H,17,21)(H,19,20)/t11-/m0/s1. The molecule has 7 heteroatoms. The summed E-state index contributed by atoms with van der Waals surface area (Å²) in [6.07, 6.45) is 4.76. The molecular formula is C14H22N4O3. The quantitative estimate of drug-likeness (QED) is 0.691. The fourth-order valence-corrected chi connectivity index (χ4v) is 1.83. The number of aliphatic carboxylic acids is 1. The van der Waals surface area contributed by atoms with Gasteiger partial charge in [0.05, 0.1) is 6.33 Å². The Morgan fingerprint density at radius 1 is 1.57 bits per heavy atom. The minimum atomic E-state index is -1.09. The number of hydrogen-bond acceptors (Lipinski definition) is 3. The molecule has 1 aromatic heterocycles. The number of urea groups is 1. The van der Waals surface area contributed by atoms with Crippen molar-refractivity contribution in [1.29, 1.82) is 0 Å². The van der Waals surface area contributed by atoms with Gasteiger partial charge in [-0.05, 0) is 20.8 Å². The average molecular weight is 294 g/mol. The van der Waals surface area contributed by atoms with Crippen LogP contribution in [0.2, 0.25) is 0 Å². The molecule has 1 rings (SSSR count). The summed E-state index contributed by atoms with van der Waals surface area (Å²) >= 11 is 0. The van der Waals surface area contributed by atoms with Gasteiger partial charge in [0, 0.05) is 30.4 Å². The molecule has 1 aromatic rings. The summed E-state index contributed by atoms with van der Waals surface area (Å²) in [5.41, 5.74) is 0.212. The van der Waals surface area contributed by atoms with Gasteiger partial charge in [-0.3, -0.25) is 0 Å². The molecule has 0 aromatic carbocycles. The monoisotopic (exact) mass is 294 g/mol. The molecule has 2 amide bonds. The van der Waals surface area contributed by atoms with E-state index in [9.17, 15) is 14.7 Å². The molecule has 0 spiro atoms. The van der Waals surface area contributed by atoms with E-state index in [0.29, 0.717) is 12.2 Å². The van der Waals surface area contributed by atoms with Crippen LogP contribution in [0.5, 0.6) is 0 Å². The van der Waals surface area contributed by atoms with Gasteiger partial charge in [-0.15, -0.1) is 6.58 Å². The number of aromatic amines is 1. The van der Waals surface area contributed by atoms with Crippen molar-refractivity contribution in [3.05, 3.63) is 30.9 Å². The molecule has 116 valence electrons. The molecule has 0 aliphatic heterocycles. The minimum absolute atomic E-state index is 0.146. The lowest BCUT2D eigenvalue weighted by atomic mass is 10.1. The number of aromatic nitrogens is 2. The third kappa shape index (κ3) is 4.94. The van der Waals surface area contributed by atoms with Crippen molar-refractivity contribution in [3.8, 4) is 0 Å². The van der Waals surface area contributed by atoms with Gasteiger partial charge in [0.25, 0.3) is 0 Å². The fraction of sp³-hybridized carbons (Fsp3) is 0.500. The third-order valence-electron chi connectivity index (χ3n) is 2.94. The molecule has 1 heterocycles. The van der Waals surface area contributed by atoms with Gasteiger partial charge in [0.2, 0.25) is 0 Å². The van der Waals surface area contributed by atoms with Gasteiger partial charge in [-0.1, -0.05) is 6.08 Å². The Morgan fingerprint density at radius 3 is 2.67 bits per heavy atom. The maximum absolute atomic E-state index is 12.3. The number of H-pyrrole nitrogens is 1. The first-order chi connectivity index (χ1) is 9.75. The van der Waals surface area contributed by atoms with E-state index in [4.69, 9.17) is 0 Å². The lowest BCUT2D eigenvalue weighted by molar-refractivity contribution is -0.139. The van der Waals surface area contributed by atoms with Crippen LogP contribution in [-0.2, 0) is 11.2 Å². The van der Waals surface area contributed by atoms with Crippen molar-refractivity contribution >= 4 is 12.0 Å². The molecule has 0 saturated carbocycles. The second-order valence-corrected chi connectivity index (χ2v) is 5.69. The van der Waals surface area contributed by atoms with Crippen LogP contribution in [0.4, 0.5) is 4.79 Å². The molecule has 0 bridgehead atoms. The number of rotatable bonds is 6. The molecule has 0 radical (unpaired) electrons. The lowest BCUT2D eigenvalue weighted by Gasteiger charge is -2.35. The molecule has 21 heavy (non-hydrogen) atoms. The molecule has 0 saturated heterocycles. The Balaban J connectivity index is 2.79. The van der Waals surface area contributed by atoms with Crippen LogP contribution >= 0.6 is 0 Å². The topological polar surface area (TPSA) is 98.3 Å². The molecule has 0 unspecified atom stereocenters. The van der Waals surface area contributed by atoms with Crippen molar-refractivity contribution in [2.45, 2.75) is 38.8 Å². The Morgan fingerprint density at radius 2 is 2.24 bits per heavy atom. The number of imidazole rings is 1. The second-order valence-electron chi connectivity index (χ2n) is 5.69. The Kier molecular flexibility index (Phi) is 5.52. The molecule has 0 fully saturated rings. The molecule has 1 atom stereocenters. The number of amides is 2. The first-order valence-corrected chi connectivity index (χ1v) is 6.64. The van der Waals surface area contributed by atoms with Crippen molar-refractivity contribution in [1.82, 2.24) is 20.2 Å². The average Bonchev–Trinajstić information content (AvgIpc) is 2.86. The first-order valence-electron chi connectivity index (χ1n) is 6.64. The summed E-state index contributed by atoms with van der Waals surface area (Å²) in [6.45, 7) is 9.59. The summed E-state index contributed by atoms with van der Waals surface area (Å²) in [4.78, 5) is 31.8. The summed E-state index contributed by atoms with van der Waals surface area (Å²) in [6, 6.07) is -1.46. The Hall–Kier alpha value is -2.31. The van der Waals surface area contributed by atoms with Gasteiger partial charge in [-0.25, -0.2) is 14.6 Å². The van der Waals surface area contributed by atoms with Crippen LogP contribution in [0.15, 0.2) is 25.2 Å². The summed E-state index contributed by atoms with van der Waals surface area (Å²) in [7, 11) is 0. The van der Waals surface area contributed by atoms with E-state index in [0.717, 1.165) is 0 Å². The van der Waals surface area contributed by atoms with Gasteiger partial charge in [0.1, 0.15) is 6.04 Å². The molecule has 7 nitrogen and oxygen atoms in total. The van der Waals surface area contributed by atoms with Crippen molar-refractivity contribution in [2.75, 3.05) is 6.54 Å². The molecule has 0 aliphatic rings. The van der Waals surface area contributed by atoms with Crippen molar-refractivity contribution < 1.29 is 14.7 Å². The second kappa shape index (κ2) is 6.92. The normalized spacial score (nSPS) is 12.5. The number of nitrogens with zero attached hydrogens (tertiary/aromatic N) is 2.